The molecule has 3 nitrogen and oxygen atoms in total. The van der Waals surface area contributed by atoms with Gasteiger partial charge in [-0.1, -0.05) is 103 Å². The zero-order valence-electron chi connectivity index (χ0n) is 25.2. The molecule has 1 saturated carbocycles. The number of carbonyl (C=O) groups is 1. The number of benzene rings is 3. The molecule has 216 valence electrons. The molecule has 1 N–H and O–H groups in total. The number of amides is 1. The Morgan fingerprint density at radius 2 is 1.29 bits per heavy atom. The van der Waals surface area contributed by atoms with Crippen LogP contribution in [-0.4, -0.2) is 27.3 Å². The van der Waals surface area contributed by atoms with Crippen molar-refractivity contribution >= 4 is 53.0 Å². The Morgan fingerprint density at radius 3 is 1.80 bits per heavy atom. The largest absolute Gasteiger partial charge is 0.507 e. The lowest BCUT2D eigenvalue weighted by molar-refractivity contribution is -0.115. The lowest BCUT2D eigenvalue weighted by Gasteiger charge is -2.33. The molecule has 0 unspecified atom stereocenters. The predicted octanol–water partition coefficient (Wildman–Crippen LogP) is 9.97. The molecule has 0 spiro atoms. The second-order valence-electron chi connectivity index (χ2n) is 13.3. The average Bonchev–Trinajstić information content (AvgIpc) is 3.09. The van der Waals surface area contributed by atoms with Crippen molar-refractivity contribution in [3.8, 4) is 5.75 Å². The Morgan fingerprint density at radius 1 is 0.805 bits per heavy atom. The van der Waals surface area contributed by atoms with E-state index in [9.17, 15) is 9.90 Å². The van der Waals surface area contributed by atoms with E-state index in [1.165, 1.54) is 17.7 Å². The molecule has 0 aromatic heterocycles. The quantitative estimate of drug-likeness (QED) is 0.323. The monoisotopic (exact) mass is 585 g/mol. The van der Waals surface area contributed by atoms with Gasteiger partial charge in [-0.2, -0.15) is 0 Å². The van der Waals surface area contributed by atoms with E-state index in [0.717, 1.165) is 46.5 Å². The Balaban J connectivity index is 1.38. The van der Waals surface area contributed by atoms with Crippen LogP contribution in [0.2, 0.25) is 0 Å². The van der Waals surface area contributed by atoms with Gasteiger partial charge in [0.25, 0.3) is 0 Å². The summed E-state index contributed by atoms with van der Waals surface area (Å²) in [6, 6.07) is 20.7. The summed E-state index contributed by atoms with van der Waals surface area (Å²) >= 11 is 3.77. The van der Waals surface area contributed by atoms with Crippen molar-refractivity contribution in [1.82, 2.24) is 0 Å². The van der Waals surface area contributed by atoms with Crippen LogP contribution in [0.25, 0.3) is 12.2 Å². The number of phenolic OH excluding ortho intramolecular Hbond substituents is 1. The maximum absolute atomic E-state index is 14.0. The number of carbonyl (C=O) groups excluding carboxylic acids is 1. The van der Waals surface area contributed by atoms with Crippen molar-refractivity contribution < 1.29 is 9.90 Å². The highest BCUT2D eigenvalue weighted by Gasteiger charge is 2.32. The number of phenols is 1. The summed E-state index contributed by atoms with van der Waals surface area (Å²) in [7, 11) is 0. The van der Waals surface area contributed by atoms with Gasteiger partial charge in [0.15, 0.2) is 0 Å². The standard InChI is InChI=1S/C36H43NO2S2/c1-35(2,3)27-21-26(22-28(34(27)39)36(4,5)6)41-32-18-12-11-17-31(32)40-23-33(38)37-29-15-9-7-13-24(29)19-20-25-14-8-10-16-30(25)37/h7-10,13-16,19-22,31-32,39H,11-12,17-18,23H2,1-6H3/t31-,32-/m1/s1. The first kappa shape index (κ1) is 29.8. The predicted molar refractivity (Wildman–Crippen MR) is 179 cm³/mol. The van der Waals surface area contributed by atoms with Crippen molar-refractivity contribution in [2.24, 2.45) is 0 Å². The van der Waals surface area contributed by atoms with Gasteiger partial charge in [-0.05, 0) is 59.1 Å². The van der Waals surface area contributed by atoms with Crippen LogP contribution in [0.5, 0.6) is 5.75 Å². The molecule has 2 atom stereocenters. The minimum Gasteiger partial charge on any atom is -0.507 e. The molecule has 3 aromatic carbocycles. The molecule has 1 fully saturated rings. The normalized spacial score (nSPS) is 18.9. The van der Waals surface area contributed by atoms with Gasteiger partial charge in [0.2, 0.25) is 5.91 Å². The molecule has 0 saturated heterocycles. The summed E-state index contributed by atoms with van der Waals surface area (Å²) in [5.41, 5.74) is 5.73. The number of nitrogens with zero attached hydrogens (tertiary/aromatic N) is 1. The number of rotatable bonds is 5. The van der Waals surface area contributed by atoms with Crippen LogP contribution >= 0.6 is 23.5 Å². The Labute approximate surface area is 254 Å². The van der Waals surface area contributed by atoms with Gasteiger partial charge in [0.05, 0.1) is 17.1 Å². The molecule has 0 radical (unpaired) electrons. The second kappa shape index (κ2) is 11.9. The molecule has 41 heavy (non-hydrogen) atoms. The first-order valence-corrected chi connectivity index (χ1v) is 16.7. The molecular formula is C36H43NO2S2. The Hall–Kier alpha value is -2.63. The lowest BCUT2D eigenvalue weighted by Crippen LogP contribution is -2.31. The maximum Gasteiger partial charge on any atom is 0.241 e. The zero-order chi connectivity index (χ0) is 29.4. The van der Waals surface area contributed by atoms with Crippen molar-refractivity contribution in [3.63, 3.8) is 0 Å². The molecule has 5 rings (SSSR count). The van der Waals surface area contributed by atoms with Crippen molar-refractivity contribution in [3.05, 3.63) is 82.9 Å². The van der Waals surface area contributed by atoms with Gasteiger partial charge in [-0.25, -0.2) is 0 Å². The van der Waals surface area contributed by atoms with Crippen molar-refractivity contribution in [2.45, 2.75) is 93.5 Å². The highest BCUT2D eigenvalue weighted by atomic mass is 32.2. The molecular weight excluding hydrogens is 543 g/mol. The van der Waals surface area contributed by atoms with E-state index in [4.69, 9.17) is 0 Å². The van der Waals surface area contributed by atoms with Crippen LogP contribution < -0.4 is 4.90 Å². The van der Waals surface area contributed by atoms with E-state index >= 15 is 0 Å². The zero-order valence-corrected chi connectivity index (χ0v) is 26.9. The molecule has 1 amide bonds. The van der Waals surface area contributed by atoms with Gasteiger partial charge in [0, 0.05) is 26.5 Å². The number of aromatic hydroxyl groups is 1. The van der Waals surface area contributed by atoms with Gasteiger partial charge >= 0.3 is 0 Å². The molecule has 0 bridgehead atoms. The molecule has 5 heteroatoms. The van der Waals surface area contributed by atoms with E-state index in [1.54, 1.807) is 0 Å². The number of para-hydroxylation sites is 2. The van der Waals surface area contributed by atoms with Gasteiger partial charge in [0.1, 0.15) is 5.75 Å². The summed E-state index contributed by atoms with van der Waals surface area (Å²) in [4.78, 5) is 17.1. The van der Waals surface area contributed by atoms with Crippen molar-refractivity contribution in [1.29, 1.82) is 0 Å². The van der Waals surface area contributed by atoms with Crippen LogP contribution in [0.1, 0.15) is 89.5 Å². The summed E-state index contributed by atoms with van der Waals surface area (Å²) in [6.45, 7) is 13.0. The third-order valence-electron chi connectivity index (χ3n) is 8.10. The molecule has 2 aliphatic rings. The van der Waals surface area contributed by atoms with Crippen LogP contribution in [0.15, 0.2) is 65.6 Å². The van der Waals surface area contributed by atoms with Gasteiger partial charge in [-0.15, -0.1) is 23.5 Å². The Bertz CT molecular complexity index is 1360. The van der Waals surface area contributed by atoms with Crippen LogP contribution in [-0.2, 0) is 15.6 Å². The third-order valence-corrected chi connectivity index (χ3v) is 11.1. The minimum atomic E-state index is -0.150. The number of hydrogen-bond donors (Lipinski definition) is 1. The number of hydrogen-bond acceptors (Lipinski definition) is 4. The fourth-order valence-electron chi connectivity index (χ4n) is 5.87. The van der Waals surface area contributed by atoms with E-state index in [0.29, 0.717) is 22.0 Å². The lowest BCUT2D eigenvalue weighted by atomic mass is 9.79. The first-order chi connectivity index (χ1) is 19.4. The van der Waals surface area contributed by atoms with Crippen molar-refractivity contribution in [2.75, 3.05) is 10.7 Å². The summed E-state index contributed by atoms with van der Waals surface area (Å²) in [6.07, 6.45) is 8.92. The minimum absolute atomic E-state index is 0.127. The molecule has 1 aliphatic heterocycles. The number of fused-ring (bicyclic) bond motifs is 2. The van der Waals surface area contributed by atoms with E-state index in [-0.39, 0.29) is 16.7 Å². The van der Waals surface area contributed by atoms with Crippen LogP contribution in [0.4, 0.5) is 11.4 Å². The summed E-state index contributed by atoms with van der Waals surface area (Å²) in [5, 5.41) is 12.0. The molecule has 3 aromatic rings. The number of anilines is 2. The topological polar surface area (TPSA) is 40.5 Å². The molecule has 1 aliphatic carbocycles. The van der Waals surface area contributed by atoms with E-state index in [2.05, 4.69) is 78.0 Å². The van der Waals surface area contributed by atoms with Crippen LogP contribution in [0.3, 0.4) is 0 Å². The smallest absolute Gasteiger partial charge is 0.241 e. The van der Waals surface area contributed by atoms with Gasteiger partial charge < -0.3 is 5.11 Å². The van der Waals surface area contributed by atoms with E-state index < -0.39 is 0 Å². The Kier molecular flexibility index (Phi) is 8.69. The van der Waals surface area contributed by atoms with E-state index in [1.807, 2.05) is 64.8 Å². The fourth-order valence-corrected chi connectivity index (χ4v) is 8.73. The fraction of sp³-hybridized carbons (Fsp3) is 0.417. The maximum atomic E-state index is 14.0. The third kappa shape index (κ3) is 6.57. The highest BCUT2D eigenvalue weighted by molar-refractivity contribution is 8.04. The van der Waals surface area contributed by atoms with Crippen LogP contribution in [0, 0.1) is 0 Å². The average molecular weight is 586 g/mol. The summed E-state index contributed by atoms with van der Waals surface area (Å²) < 4.78 is 0. The SMILES string of the molecule is CC(C)(C)c1cc(S[C@@H]2CCCC[C@H]2SCC(=O)N2c3ccccc3C=Cc3ccccc32)cc(C(C)(C)C)c1O. The summed E-state index contributed by atoms with van der Waals surface area (Å²) in [5.74, 6) is 1.00. The number of thioether (sulfide) groups is 2. The molecule has 1 heterocycles. The highest BCUT2D eigenvalue weighted by Crippen LogP contribution is 2.46. The first-order valence-electron chi connectivity index (χ1n) is 14.8. The van der Waals surface area contributed by atoms with Gasteiger partial charge in [-0.3, -0.25) is 9.69 Å². The second-order valence-corrected chi connectivity index (χ2v) is 15.9.